The summed E-state index contributed by atoms with van der Waals surface area (Å²) in [7, 11) is 0. The van der Waals surface area contributed by atoms with Crippen LogP contribution in [0.3, 0.4) is 0 Å². The molecular weight excluding hydrogens is 230 g/mol. The van der Waals surface area contributed by atoms with Gasteiger partial charge < -0.3 is 16.4 Å². The standard InChI is InChI=1S/C13H19N3O2/c1-3-15-13(18)11-6-4-5-10(7-11)8-16-12(17)9(2)14/h4-7,9H,3,8,14H2,1-2H3,(H,15,18)(H,16,17)/t9-/m1/s1. The molecule has 0 aromatic heterocycles. The monoisotopic (exact) mass is 249 g/mol. The van der Waals surface area contributed by atoms with Gasteiger partial charge in [-0.05, 0) is 31.5 Å². The lowest BCUT2D eigenvalue weighted by Crippen LogP contribution is -2.37. The first-order valence-electron chi connectivity index (χ1n) is 5.95. The molecule has 98 valence electrons. The fourth-order valence-electron chi connectivity index (χ4n) is 1.44. The third kappa shape index (κ3) is 4.18. The average Bonchev–Trinajstić information content (AvgIpc) is 2.36. The normalized spacial score (nSPS) is 11.7. The van der Waals surface area contributed by atoms with E-state index in [0.717, 1.165) is 5.56 Å². The molecule has 1 aromatic carbocycles. The second-order valence-electron chi connectivity index (χ2n) is 4.07. The molecule has 1 rings (SSSR count). The van der Waals surface area contributed by atoms with E-state index in [4.69, 9.17) is 5.73 Å². The van der Waals surface area contributed by atoms with Crippen LogP contribution >= 0.6 is 0 Å². The predicted octanol–water partition coefficient (Wildman–Crippen LogP) is 0.400. The Bertz CT molecular complexity index is 430. The maximum atomic E-state index is 11.6. The Labute approximate surface area is 107 Å². The summed E-state index contributed by atoms with van der Waals surface area (Å²) in [4.78, 5) is 22.9. The summed E-state index contributed by atoms with van der Waals surface area (Å²) in [6, 6.07) is 6.60. The van der Waals surface area contributed by atoms with Crippen LogP contribution in [0.5, 0.6) is 0 Å². The van der Waals surface area contributed by atoms with E-state index in [9.17, 15) is 9.59 Å². The maximum Gasteiger partial charge on any atom is 0.251 e. The topological polar surface area (TPSA) is 84.2 Å². The Morgan fingerprint density at radius 3 is 2.67 bits per heavy atom. The Balaban J connectivity index is 2.65. The first kappa shape index (κ1) is 14.2. The molecule has 0 aliphatic rings. The molecule has 2 amide bonds. The molecule has 0 bridgehead atoms. The molecule has 18 heavy (non-hydrogen) atoms. The predicted molar refractivity (Wildman–Crippen MR) is 69.9 cm³/mol. The molecule has 1 aromatic rings. The number of amides is 2. The highest BCUT2D eigenvalue weighted by molar-refractivity contribution is 5.94. The maximum absolute atomic E-state index is 11.6. The molecule has 0 aliphatic heterocycles. The van der Waals surface area contributed by atoms with Gasteiger partial charge in [-0.2, -0.15) is 0 Å². The van der Waals surface area contributed by atoms with Gasteiger partial charge in [-0.25, -0.2) is 0 Å². The van der Waals surface area contributed by atoms with Crippen molar-refractivity contribution >= 4 is 11.8 Å². The van der Waals surface area contributed by atoms with Crippen molar-refractivity contribution in [2.75, 3.05) is 6.54 Å². The second kappa shape index (κ2) is 6.76. The Kier molecular flexibility index (Phi) is 5.32. The highest BCUT2D eigenvalue weighted by atomic mass is 16.2. The van der Waals surface area contributed by atoms with Gasteiger partial charge in [-0.3, -0.25) is 9.59 Å². The first-order chi connectivity index (χ1) is 8.54. The Hall–Kier alpha value is -1.88. The van der Waals surface area contributed by atoms with E-state index >= 15 is 0 Å². The summed E-state index contributed by atoms with van der Waals surface area (Å²) in [5.41, 5.74) is 6.90. The van der Waals surface area contributed by atoms with Crippen LogP contribution < -0.4 is 16.4 Å². The highest BCUT2D eigenvalue weighted by Gasteiger charge is 2.08. The van der Waals surface area contributed by atoms with E-state index in [2.05, 4.69) is 10.6 Å². The van der Waals surface area contributed by atoms with E-state index in [0.29, 0.717) is 18.7 Å². The lowest BCUT2D eigenvalue weighted by atomic mass is 10.1. The minimum Gasteiger partial charge on any atom is -0.352 e. The number of benzene rings is 1. The van der Waals surface area contributed by atoms with Crippen LogP contribution in [-0.2, 0) is 11.3 Å². The number of nitrogens with one attached hydrogen (secondary N) is 2. The van der Waals surface area contributed by atoms with Crippen LogP contribution in [0.2, 0.25) is 0 Å². The third-order valence-corrected chi connectivity index (χ3v) is 2.41. The van der Waals surface area contributed by atoms with Gasteiger partial charge in [0, 0.05) is 18.7 Å². The first-order valence-corrected chi connectivity index (χ1v) is 5.95. The number of carbonyl (C=O) groups excluding carboxylic acids is 2. The van der Waals surface area contributed by atoms with E-state index in [1.54, 1.807) is 25.1 Å². The van der Waals surface area contributed by atoms with Crippen molar-refractivity contribution in [2.45, 2.75) is 26.4 Å². The largest absolute Gasteiger partial charge is 0.352 e. The molecule has 0 saturated heterocycles. The van der Waals surface area contributed by atoms with Crippen molar-refractivity contribution in [3.8, 4) is 0 Å². The number of carbonyl (C=O) groups is 2. The molecule has 1 atom stereocenters. The lowest BCUT2D eigenvalue weighted by Gasteiger charge is -2.09. The van der Waals surface area contributed by atoms with Crippen LogP contribution in [0.1, 0.15) is 29.8 Å². The number of nitrogens with two attached hydrogens (primary N) is 1. The number of hydrogen-bond acceptors (Lipinski definition) is 3. The molecule has 4 N–H and O–H groups in total. The molecule has 0 radical (unpaired) electrons. The Morgan fingerprint density at radius 2 is 2.06 bits per heavy atom. The Morgan fingerprint density at radius 1 is 1.33 bits per heavy atom. The molecule has 0 fully saturated rings. The lowest BCUT2D eigenvalue weighted by molar-refractivity contribution is -0.122. The van der Waals surface area contributed by atoms with Crippen LogP contribution in [-0.4, -0.2) is 24.4 Å². The molecule has 5 nitrogen and oxygen atoms in total. The van der Waals surface area contributed by atoms with Gasteiger partial charge in [0.25, 0.3) is 5.91 Å². The van der Waals surface area contributed by atoms with E-state index in [1.807, 2.05) is 13.0 Å². The molecule has 0 spiro atoms. The zero-order valence-corrected chi connectivity index (χ0v) is 10.7. The summed E-state index contributed by atoms with van der Waals surface area (Å²) in [5, 5.41) is 5.43. The third-order valence-electron chi connectivity index (χ3n) is 2.41. The average molecular weight is 249 g/mol. The molecule has 0 heterocycles. The molecule has 0 aliphatic carbocycles. The van der Waals surface area contributed by atoms with Gasteiger partial charge in [-0.1, -0.05) is 12.1 Å². The molecule has 0 saturated carbocycles. The fourth-order valence-corrected chi connectivity index (χ4v) is 1.44. The van der Waals surface area contributed by atoms with Gasteiger partial charge in [-0.15, -0.1) is 0 Å². The number of rotatable bonds is 5. The van der Waals surface area contributed by atoms with Crippen LogP contribution in [0, 0.1) is 0 Å². The van der Waals surface area contributed by atoms with Crippen LogP contribution in [0.25, 0.3) is 0 Å². The zero-order valence-electron chi connectivity index (χ0n) is 10.7. The van der Waals surface area contributed by atoms with E-state index < -0.39 is 6.04 Å². The van der Waals surface area contributed by atoms with Gasteiger partial charge in [0.2, 0.25) is 5.91 Å². The summed E-state index contributed by atoms with van der Waals surface area (Å²) in [6.45, 7) is 4.45. The van der Waals surface area contributed by atoms with Crippen molar-refractivity contribution in [3.63, 3.8) is 0 Å². The highest BCUT2D eigenvalue weighted by Crippen LogP contribution is 2.05. The quantitative estimate of drug-likeness (QED) is 0.706. The van der Waals surface area contributed by atoms with Crippen molar-refractivity contribution in [1.29, 1.82) is 0 Å². The van der Waals surface area contributed by atoms with Gasteiger partial charge in [0.1, 0.15) is 0 Å². The van der Waals surface area contributed by atoms with Crippen molar-refractivity contribution in [3.05, 3.63) is 35.4 Å². The number of hydrogen-bond donors (Lipinski definition) is 3. The van der Waals surface area contributed by atoms with Crippen molar-refractivity contribution in [2.24, 2.45) is 5.73 Å². The van der Waals surface area contributed by atoms with Crippen molar-refractivity contribution < 1.29 is 9.59 Å². The van der Waals surface area contributed by atoms with Gasteiger partial charge in [0.05, 0.1) is 6.04 Å². The van der Waals surface area contributed by atoms with Crippen LogP contribution in [0.15, 0.2) is 24.3 Å². The zero-order chi connectivity index (χ0) is 13.5. The van der Waals surface area contributed by atoms with Crippen molar-refractivity contribution in [1.82, 2.24) is 10.6 Å². The fraction of sp³-hybridized carbons (Fsp3) is 0.385. The minimum atomic E-state index is -0.531. The molecular formula is C13H19N3O2. The van der Waals surface area contributed by atoms with Gasteiger partial charge >= 0.3 is 0 Å². The summed E-state index contributed by atoms with van der Waals surface area (Å²) in [5.74, 6) is -0.323. The van der Waals surface area contributed by atoms with E-state index in [-0.39, 0.29) is 11.8 Å². The smallest absolute Gasteiger partial charge is 0.251 e. The molecule has 5 heteroatoms. The summed E-state index contributed by atoms with van der Waals surface area (Å²) >= 11 is 0. The van der Waals surface area contributed by atoms with Crippen LogP contribution in [0.4, 0.5) is 0 Å². The minimum absolute atomic E-state index is 0.113. The summed E-state index contributed by atoms with van der Waals surface area (Å²) < 4.78 is 0. The van der Waals surface area contributed by atoms with E-state index in [1.165, 1.54) is 0 Å². The van der Waals surface area contributed by atoms with Gasteiger partial charge in [0.15, 0.2) is 0 Å². The molecule has 0 unspecified atom stereocenters. The SMILES string of the molecule is CCNC(=O)c1cccc(CNC(=O)[C@@H](C)N)c1. The summed E-state index contributed by atoms with van der Waals surface area (Å²) in [6.07, 6.45) is 0. The second-order valence-corrected chi connectivity index (χ2v) is 4.07.